The fraction of sp³-hybridized carbons (Fsp3) is 0.308. The predicted octanol–water partition coefficient (Wildman–Crippen LogP) is 0.0891. The number of rotatable bonds is 7. The molecule has 0 spiro atoms. The van der Waals surface area contributed by atoms with Crippen molar-refractivity contribution in [1.29, 1.82) is 0 Å². The van der Waals surface area contributed by atoms with Gasteiger partial charge in [0.05, 0.1) is 6.42 Å². The molecule has 0 heterocycles. The largest absolute Gasteiger partial charge is 0.542 e. The van der Waals surface area contributed by atoms with Gasteiger partial charge >= 0.3 is 0 Å². The Hall–Kier alpha value is -0.845. The van der Waals surface area contributed by atoms with E-state index in [4.69, 9.17) is 5.73 Å². The molecule has 1 aromatic carbocycles. The Labute approximate surface area is 144 Å². The number of hydrogen-bond donors (Lipinski definition) is 2. The SMILES string of the molecule is NC(=O)C[C@@H](C[C-]=O)NC(=O)Cc1ccccc1.[Th]. The van der Waals surface area contributed by atoms with Crippen LogP contribution in [0.15, 0.2) is 30.3 Å². The van der Waals surface area contributed by atoms with Crippen LogP contribution in [0.5, 0.6) is 0 Å². The average Bonchev–Trinajstić information content (AvgIpc) is 2.29. The second kappa shape index (κ2) is 10.0. The Kier molecular flexibility index (Phi) is 9.56. The molecular formula is C13H15N2O3Th-. The number of carbonyl (C=O) groups excluding carboxylic acids is 3. The molecule has 2 amide bonds. The van der Waals surface area contributed by atoms with E-state index in [1.165, 1.54) is 0 Å². The van der Waals surface area contributed by atoms with Gasteiger partial charge < -0.3 is 15.8 Å². The normalized spacial score (nSPS) is 10.9. The van der Waals surface area contributed by atoms with Gasteiger partial charge in [-0.05, 0) is 5.56 Å². The van der Waals surface area contributed by atoms with Gasteiger partial charge in [0, 0.05) is 52.4 Å². The first-order valence-corrected chi connectivity index (χ1v) is 5.58. The van der Waals surface area contributed by atoms with Gasteiger partial charge in [0.15, 0.2) is 0 Å². The molecule has 0 saturated heterocycles. The number of hydrogen-bond acceptors (Lipinski definition) is 3. The van der Waals surface area contributed by atoms with Crippen LogP contribution in [-0.4, -0.2) is 24.1 Å². The zero-order valence-electron chi connectivity index (χ0n) is 10.4. The topological polar surface area (TPSA) is 89.3 Å². The van der Waals surface area contributed by atoms with Crippen molar-refractivity contribution in [2.45, 2.75) is 25.3 Å². The smallest absolute Gasteiger partial charge is 0.224 e. The molecule has 0 aromatic heterocycles. The molecule has 0 aliphatic carbocycles. The van der Waals surface area contributed by atoms with E-state index < -0.39 is 11.9 Å². The standard InChI is InChI=1S/C13H15N2O3.Th/c14-12(17)9-11(6-7-16)15-13(18)8-10-4-2-1-3-5-10;/h1-5,11H,6,8-9H2,(H2,14,17)(H,15,18);/q-1;/t11-;/m1./s1. The molecular weight excluding hydrogens is 464 g/mol. The quantitative estimate of drug-likeness (QED) is 0.544. The molecule has 0 fully saturated rings. The molecule has 0 aliphatic heterocycles. The fourth-order valence-electron chi connectivity index (χ4n) is 1.58. The molecule has 0 aliphatic rings. The summed E-state index contributed by atoms with van der Waals surface area (Å²) in [5.74, 6) is -0.807. The Morgan fingerprint density at radius 1 is 1.26 bits per heavy atom. The molecule has 100 valence electrons. The summed E-state index contributed by atoms with van der Waals surface area (Å²) in [5.41, 5.74) is 5.90. The van der Waals surface area contributed by atoms with Gasteiger partial charge in [-0.1, -0.05) is 30.3 Å². The van der Waals surface area contributed by atoms with Gasteiger partial charge in [0.1, 0.15) is 0 Å². The molecule has 1 atom stereocenters. The number of carbonyl (C=O) groups is 2. The number of nitrogens with two attached hydrogens (primary N) is 1. The number of primary amides is 1. The van der Waals surface area contributed by atoms with Crippen molar-refractivity contribution in [3.63, 3.8) is 0 Å². The third kappa shape index (κ3) is 8.03. The van der Waals surface area contributed by atoms with Crippen LogP contribution in [0.4, 0.5) is 0 Å². The monoisotopic (exact) mass is 479 g/mol. The first kappa shape index (κ1) is 18.2. The summed E-state index contributed by atoms with van der Waals surface area (Å²) in [7, 11) is 0. The van der Waals surface area contributed by atoms with E-state index in [9.17, 15) is 14.4 Å². The van der Waals surface area contributed by atoms with Crippen molar-refractivity contribution in [1.82, 2.24) is 5.32 Å². The second-order valence-electron chi connectivity index (χ2n) is 3.95. The zero-order chi connectivity index (χ0) is 13.4. The molecule has 1 aromatic rings. The van der Waals surface area contributed by atoms with E-state index >= 15 is 0 Å². The van der Waals surface area contributed by atoms with E-state index in [0.717, 1.165) is 5.56 Å². The Morgan fingerprint density at radius 3 is 2.42 bits per heavy atom. The van der Waals surface area contributed by atoms with Crippen LogP contribution in [0.2, 0.25) is 0 Å². The molecule has 0 saturated carbocycles. The summed E-state index contributed by atoms with van der Waals surface area (Å²) in [5, 5.41) is 2.60. The molecule has 19 heavy (non-hydrogen) atoms. The fourth-order valence-corrected chi connectivity index (χ4v) is 1.58. The minimum absolute atomic E-state index is 0. The van der Waals surface area contributed by atoms with Crippen molar-refractivity contribution >= 4 is 18.1 Å². The van der Waals surface area contributed by atoms with E-state index in [2.05, 4.69) is 5.32 Å². The Bertz CT molecular complexity index is 423. The first-order chi connectivity index (χ1) is 8.61. The summed E-state index contributed by atoms with van der Waals surface area (Å²) in [6, 6.07) is 8.61. The van der Waals surface area contributed by atoms with Crippen LogP contribution in [0.3, 0.4) is 0 Å². The van der Waals surface area contributed by atoms with Gasteiger partial charge in [-0.15, -0.1) is 6.42 Å². The van der Waals surface area contributed by atoms with Gasteiger partial charge in [0.25, 0.3) is 0 Å². The van der Waals surface area contributed by atoms with Crippen molar-refractivity contribution in [3.05, 3.63) is 35.9 Å². The summed E-state index contributed by atoms with van der Waals surface area (Å²) in [6.07, 6.45) is 1.78. The van der Waals surface area contributed by atoms with Crippen molar-refractivity contribution in [3.8, 4) is 0 Å². The van der Waals surface area contributed by atoms with Crippen LogP contribution in [0, 0.1) is 39.9 Å². The van der Waals surface area contributed by atoms with Crippen molar-refractivity contribution in [2.75, 3.05) is 0 Å². The molecule has 0 bridgehead atoms. The first-order valence-electron chi connectivity index (χ1n) is 5.58. The maximum absolute atomic E-state index is 11.7. The molecule has 1 rings (SSSR count). The van der Waals surface area contributed by atoms with Crippen LogP contribution in [0.1, 0.15) is 18.4 Å². The zero-order valence-corrected chi connectivity index (χ0v) is 14.5. The van der Waals surface area contributed by atoms with Gasteiger partial charge in [-0.3, -0.25) is 15.9 Å². The summed E-state index contributed by atoms with van der Waals surface area (Å²) < 4.78 is 0. The minimum Gasteiger partial charge on any atom is -0.542 e. The van der Waals surface area contributed by atoms with Gasteiger partial charge in [-0.25, -0.2) is 0 Å². The molecule has 3 N–H and O–H groups in total. The Morgan fingerprint density at radius 2 is 1.89 bits per heavy atom. The maximum Gasteiger partial charge on any atom is 0.224 e. The van der Waals surface area contributed by atoms with Crippen LogP contribution in [-0.2, 0) is 20.8 Å². The summed E-state index contributed by atoms with van der Waals surface area (Å²) in [4.78, 5) is 32.8. The predicted molar refractivity (Wildman–Crippen MR) is 66.2 cm³/mol. The number of amides is 2. The van der Waals surface area contributed by atoms with Crippen LogP contribution in [0.25, 0.3) is 0 Å². The van der Waals surface area contributed by atoms with E-state index in [0.29, 0.717) is 0 Å². The van der Waals surface area contributed by atoms with Gasteiger partial charge in [-0.2, -0.15) is 0 Å². The van der Waals surface area contributed by atoms with Crippen molar-refractivity contribution in [2.24, 2.45) is 5.73 Å². The third-order valence-corrected chi connectivity index (χ3v) is 2.35. The molecule has 5 nitrogen and oxygen atoms in total. The van der Waals surface area contributed by atoms with Gasteiger partial charge in [0.2, 0.25) is 11.8 Å². The minimum atomic E-state index is -0.573. The summed E-state index contributed by atoms with van der Waals surface area (Å²) >= 11 is 0. The van der Waals surface area contributed by atoms with Crippen LogP contribution >= 0.6 is 0 Å². The summed E-state index contributed by atoms with van der Waals surface area (Å²) in [6.45, 7) is 0. The molecule has 0 unspecified atom stereocenters. The van der Waals surface area contributed by atoms with Crippen LogP contribution < -0.4 is 11.1 Å². The average molecular weight is 479 g/mol. The Balaban J connectivity index is 0.00000324. The van der Waals surface area contributed by atoms with E-state index in [1.54, 1.807) is 6.29 Å². The number of nitrogens with one attached hydrogen (secondary N) is 1. The van der Waals surface area contributed by atoms with E-state index in [-0.39, 0.29) is 65.1 Å². The van der Waals surface area contributed by atoms with Crippen molar-refractivity contribution < 1.29 is 54.3 Å². The van der Waals surface area contributed by atoms with E-state index in [1.807, 2.05) is 30.3 Å². The third-order valence-electron chi connectivity index (χ3n) is 2.35. The second-order valence-corrected chi connectivity index (χ2v) is 3.95. The number of benzene rings is 1. The maximum atomic E-state index is 11.7. The molecule has 0 radical (unpaired) electrons. The molecule has 6 heteroatoms.